The minimum Gasteiger partial charge on any atom is -0.454 e. The Bertz CT molecular complexity index is 811. The first-order chi connectivity index (χ1) is 12.8. The molecule has 6 nitrogen and oxygen atoms in total. The number of fused-ring (bicyclic) bond motifs is 1. The third kappa shape index (κ3) is 3.81. The number of nitrogens with zero attached hydrogens (tertiary/aromatic N) is 1. The zero-order valence-corrected chi connectivity index (χ0v) is 14.3. The van der Waals surface area contributed by atoms with Crippen molar-refractivity contribution in [2.24, 2.45) is 0 Å². The van der Waals surface area contributed by atoms with Crippen molar-refractivity contribution < 1.29 is 19.0 Å². The Labute approximate surface area is 152 Å². The smallest absolute Gasteiger partial charge is 0.248 e. The third-order valence-corrected chi connectivity index (χ3v) is 4.33. The van der Waals surface area contributed by atoms with Gasteiger partial charge in [0.05, 0.1) is 13.2 Å². The average molecular weight is 352 g/mol. The normalized spacial score (nSPS) is 16.1. The summed E-state index contributed by atoms with van der Waals surface area (Å²) in [6, 6.07) is 13.4. The highest BCUT2D eigenvalue weighted by atomic mass is 16.7. The molecule has 26 heavy (non-hydrogen) atoms. The van der Waals surface area contributed by atoms with E-state index in [4.69, 9.17) is 14.2 Å². The van der Waals surface area contributed by atoms with Gasteiger partial charge in [0.2, 0.25) is 12.7 Å². The van der Waals surface area contributed by atoms with Crippen molar-refractivity contribution in [3.8, 4) is 11.5 Å². The van der Waals surface area contributed by atoms with E-state index < -0.39 is 0 Å². The summed E-state index contributed by atoms with van der Waals surface area (Å²) in [5, 5.41) is 2.87. The van der Waals surface area contributed by atoms with Gasteiger partial charge in [-0.1, -0.05) is 6.07 Å². The second-order valence-electron chi connectivity index (χ2n) is 6.08. The van der Waals surface area contributed by atoms with Crippen LogP contribution in [-0.2, 0) is 9.53 Å². The van der Waals surface area contributed by atoms with Crippen LogP contribution >= 0.6 is 0 Å². The molecule has 0 unspecified atom stereocenters. The number of carbonyl (C=O) groups excluding carboxylic acids is 1. The molecule has 1 fully saturated rings. The Balaban J connectivity index is 1.35. The maximum atomic E-state index is 12.1. The van der Waals surface area contributed by atoms with Crippen LogP contribution in [0.25, 0.3) is 6.08 Å². The van der Waals surface area contributed by atoms with Gasteiger partial charge in [-0.2, -0.15) is 0 Å². The number of amides is 1. The molecule has 0 aromatic heterocycles. The summed E-state index contributed by atoms with van der Waals surface area (Å²) in [5.74, 6) is 1.25. The minimum atomic E-state index is -0.179. The molecule has 0 spiro atoms. The summed E-state index contributed by atoms with van der Waals surface area (Å²) in [7, 11) is 0. The van der Waals surface area contributed by atoms with Gasteiger partial charge < -0.3 is 24.4 Å². The number of ether oxygens (including phenoxy) is 3. The Kier molecular flexibility index (Phi) is 4.75. The highest BCUT2D eigenvalue weighted by Gasteiger charge is 2.13. The van der Waals surface area contributed by atoms with Crippen LogP contribution < -0.4 is 19.7 Å². The Morgan fingerprint density at radius 2 is 1.77 bits per heavy atom. The highest BCUT2D eigenvalue weighted by Crippen LogP contribution is 2.32. The molecule has 2 aromatic carbocycles. The Morgan fingerprint density at radius 3 is 2.58 bits per heavy atom. The summed E-state index contributed by atoms with van der Waals surface area (Å²) in [5.41, 5.74) is 2.79. The molecule has 0 radical (unpaired) electrons. The fourth-order valence-corrected chi connectivity index (χ4v) is 2.95. The molecule has 2 aliphatic rings. The summed E-state index contributed by atoms with van der Waals surface area (Å²) in [6.45, 7) is 3.53. The maximum absolute atomic E-state index is 12.1. The van der Waals surface area contributed by atoms with Crippen LogP contribution in [0.4, 0.5) is 11.4 Å². The van der Waals surface area contributed by atoms with Crippen molar-refractivity contribution in [3.05, 3.63) is 54.1 Å². The molecule has 0 bridgehead atoms. The van der Waals surface area contributed by atoms with E-state index in [9.17, 15) is 4.79 Å². The topological polar surface area (TPSA) is 60.0 Å². The van der Waals surface area contributed by atoms with E-state index in [1.165, 1.54) is 6.08 Å². The van der Waals surface area contributed by atoms with Crippen molar-refractivity contribution in [3.63, 3.8) is 0 Å². The van der Waals surface area contributed by atoms with Gasteiger partial charge in [0.25, 0.3) is 0 Å². The van der Waals surface area contributed by atoms with Gasteiger partial charge in [-0.15, -0.1) is 0 Å². The van der Waals surface area contributed by atoms with Crippen molar-refractivity contribution >= 4 is 23.4 Å². The third-order valence-electron chi connectivity index (χ3n) is 4.33. The quantitative estimate of drug-likeness (QED) is 0.858. The molecule has 2 aromatic rings. The van der Waals surface area contributed by atoms with Crippen LogP contribution in [0.3, 0.4) is 0 Å². The van der Waals surface area contributed by atoms with Gasteiger partial charge >= 0.3 is 0 Å². The minimum absolute atomic E-state index is 0.179. The largest absolute Gasteiger partial charge is 0.454 e. The van der Waals surface area contributed by atoms with Gasteiger partial charge in [-0.3, -0.25) is 4.79 Å². The number of hydrogen-bond acceptors (Lipinski definition) is 5. The lowest BCUT2D eigenvalue weighted by Crippen LogP contribution is -2.36. The van der Waals surface area contributed by atoms with Crippen molar-refractivity contribution in [2.45, 2.75) is 0 Å². The molecule has 1 saturated heterocycles. The van der Waals surface area contributed by atoms with Crippen LogP contribution in [0.5, 0.6) is 11.5 Å². The number of carbonyl (C=O) groups is 1. The van der Waals surface area contributed by atoms with Crippen LogP contribution in [0, 0.1) is 0 Å². The van der Waals surface area contributed by atoms with Gasteiger partial charge in [0, 0.05) is 30.5 Å². The van der Waals surface area contributed by atoms with Gasteiger partial charge in [-0.05, 0) is 48.0 Å². The summed E-state index contributed by atoms with van der Waals surface area (Å²) in [4.78, 5) is 14.4. The monoisotopic (exact) mass is 352 g/mol. The molecule has 2 aliphatic heterocycles. The molecule has 2 heterocycles. The second-order valence-corrected chi connectivity index (χ2v) is 6.08. The van der Waals surface area contributed by atoms with E-state index >= 15 is 0 Å². The molecule has 1 N–H and O–H groups in total. The van der Waals surface area contributed by atoms with Crippen molar-refractivity contribution in [1.82, 2.24) is 0 Å². The predicted molar refractivity (Wildman–Crippen MR) is 99.7 cm³/mol. The molecule has 4 rings (SSSR count). The maximum Gasteiger partial charge on any atom is 0.248 e. The number of nitrogens with one attached hydrogen (secondary N) is 1. The standard InChI is InChI=1S/C20H20N2O4/c23-20(8-2-15-1-7-18-19(13-15)26-14-25-18)21-16-3-5-17(6-4-16)22-9-11-24-12-10-22/h1-8,13H,9-12,14H2,(H,21,23)/b8-2+. The molecular formula is C20H20N2O4. The Morgan fingerprint density at radius 1 is 1.00 bits per heavy atom. The number of anilines is 2. The SMILES string of the molecule is O=C(/C=C/c1ccc2c(c1)OCO2)Nc1ccc(N2CCOCC2)cc1. The zero-order valence-electron chi connectivity index (χ0n) is 14.3. The predicted octanol–water partition coefficient (Wildman–Crippen LogP) is 2.90. The molecule has 6 heteroatoms. The number of morpholine rings is 1. The fourth-order valence-electron chi connectivity index (χ4n) is 2.95. The van der Waals surface area contributed by atoms with E-state index in [-0.39, 0.29) is 12.7 Å². The Hall–Kier alpha value is -2.99. The lowest BCUT2D eigenvalue weighted by atomic mass is 10.2. The van der Waals surface area contributed by atoms with Crippen LogP contribution in [0.2, 0.25) is 0 Å². The van der Waals surface area contributed by atoms with Crippen molar-refractivity contribution in [2.75, 3.05) is 43.3 Å². The van der Waals surface area contributed by atoms with E-state index in [0.717, 1.165) is 49.0 Å². The van der Waals surface area contributed by atoms with Crippen LogP contribution in [-0.4, -0.2) is 39.0 Å². The lowest BCUT2D eigenvalue weighted by molar-refractivity contribution is -0.111. The van der Waals surface area contributed by atoms with Gasteiger partial charge in [0.1, 0.15) is 0 Å². The first-order valence-electron chi connectivity index (χ1n) is 8.59. The summed E-state index contributed by atoms with van der Waals surface area (Å²) >= 11 is 0. The number of hydrogen-bond donors (Lipinski definition) is 1. The molecule has 0 aliphatic carbocycles. The van der Waals surface area contributed by atoms with Gasteiger partial charge in [0.15, 0.2) is 11.5 Å². The summed E-state index contributed by atoms with van der Waals surface area (Å²) < 4.78 is 16.0. The molecule has 0 saturated carbocycles. The molecular weight excluding hydrogens is 332 g/mol. The number of benzene rings is 2. The summed E-state index contributed by atoms with van der Waals surface area (Å²) in [6.07, 6.45) is 3.26. The van der Waals surface area contributed by atoms with Crippen LogP contribution in [0.1, 0.15) is 5.56 Å². The molecule has 0 atom stereocenters. The average Bonchev–Trinajstić information content (AvgIpc) is 3.15. The lowest BCUT2D eigenvalue weighted by Gasteiger charge is -2.28. The second kappa shape index (κ2) is 7.49. The highest BCUT2D eigenvalue weighted by molar-refractivity contribution is 6.02. The van der Waals surface area contributed by atoms with Crippen LogP contribution in [0.15, 0.2) is 48.5 Å². The zero-order chi connectivity index (χ0) is 17.8. The van der Waals surface area contributed by atoms with E-state index in [0.29, 0.717) is 5.75 Å². The first-order valence-corrected chi connectivity index (χ1v) is 8.59. The first kappa shape index (κ1) is 16.5. The molecule has 1 amide bonds. The fraction of sp³-hybridized carbons (Fsp3) is 0.250. The number of rotatable bonds is 4. The van der Waals surface area contributed by atoms with Gasteiger partial charge in [-0.25, -0.2) is 0 Å². The van der Waals surface area contributed by atoms with E-state index in [1.54, 1.807) is 6.08 Å². The van der Waals surface area contributed by atoms with Crippen molar-refractivity contribution in [1.29, 1.82) is 0 Å². The molecule has 134 valence electrons. The van der Waals surface area contributed by atoms with E-state index in [2.05, 4.69) is 10.2 Å². The van der Waals surface area contributed by atoms with E-state index in [1.807, 2.05) is 42.5 Å².